The molecule has 0 saturated carbocycles. The SMILES string of the molecule is CCC(c1nnnn1Cc1ccccc1)N(Cc1ccc(OC)cc1)Cc1cc2cc(C)cc(C)c2[nH]c1=O. The van der Waals surface area contributed by atoms with Crippen molar-refractivity contribution in [2.24, 2.45) is 0 Å². The zero-order valence-electron chi connectivity index (χ0n) is 22.9. The van der Waals surface area contributed by atoms with Gasteiger partial charge in [-0.2, -0.15) is 0 Å². The van der Waals surface area contributed by atoms with Crippen LogP contribution >= 0.6 is 0 Å². The van der Waals surface area contributed by atoms with Crippen LogP contribution in [0.15, 0.2) is 77.6 Å². The Morgan fingerprint density at radius 1 is 0.974 bits per heavy atom. The van der Waals surface area contributed by atoms with E-state index in [1.54, 1.807) is 7.11 Å². The number of nitrogens with one attached hydrogen (secondary N) is 1. The molecule has 0 fully saturated rings. The van der Waals surface area contributed by atoms with Gasteiger partial charge in [-0.25, -0.2) is 4.68 Å². The molecule has 3 aromatic carbocycles. The van der Waals surface area contributed by atoms with Crippen molar-refractivity contribution in [2.45, 2.75) is 52.9 Å². The van der Waals surface area contributed by atoms with Gasteiger partial charge in [0, 0.05) is 18.7 Å². The summed E-state index contributed by atoms with van der Waals surface area (Å²) in [5.41, 5.74) is 5.98. The van der Waals surface area contributed by atoms with Gasteiger partial charge in [-0.05, 0) is 77.0 Å². The molecule has 2 aromatic heterocycles. The number of hydrogen-bond donors (Lipinski definition) is 1. The van der Waals surface area contributed by atoms with Gasteiger partial charge in [0.1, 0.15) is 5.75 Å². The van der Waals surface area contributed by atoms with Crippen molar-refractivity contribution in [2.75, 3.05) is 7.11 Å². The van der Waals surface area contributed by atoms with E-state index < -0.39 is 0 Å². The second-order valence-corrected chi connectivity index (χ2v) is 10.0. The molecule has 200 valence electrons. The molecule has 2 heterocycles. The quantitative estimate of drug-likeness (QED) is 0.266. The van der Waals surface area contributed by atoms with Gasteiger partial charge in [-0.1, -0.05) is 61.0 Å². The van der Waals surface area contributed by atoms with E-state index >= 15 is 0 Å². The number of rotatable bonds is 10. The van der Waals surface area contributed by atoms with Crippen molar-refractivity contribution in [3.05, 3.63) is 117 Å². The van der Waals surface area contributed by atoms with Crippen molar-refractivity contribution in [1.29, 1.82) is 0 Å². The maximum Gasteiger partial charge on any atom is 0.252 e. The summed E-state index contributed by atoms with van der Waals surface area (Å²) in [5.74, 6) is 1.58. The average Bonchev–Trinajstić information content (AvgIpc) is 3.38. The molecule has 1 atom stereocenters. The van der Waals surface area contributed by atoms with E-state index in [9.17, 15) is 4.79 Å². The third kappa shape index (κ3) is 5.91. The first-order chi connectivity index (χ1) is 18.9. The molecule has 0 spiro atoms. The Labute approximate surface area is 228 Å². The van der Waals surface area contributed by atoms with Crippen molar-refractivity contribution >= 4 is 10.9 Å². The molecule has 8 heteroatoms. The molecule has 0 amide bonds. The standard InChI is InChI=1S/C31H34N6O2/c1-5-28(30-33-34-35-37(30)19-23-9-7-6-8-10-23)36(18-24-11-13-27(39-4)14-12-24)20-26-17-25-16-21(2)15-22(3)29(25)32-31(26)38/h6-17,28H,5,18-20H2,1-4H3,(H,32,38). The first kappa shape index (κ1) is 26.3. The van der Waals surface area contributed by atoms with Gasteiger partial charge >= 0.3 is 0 Å². The minimum Gasteiger partial charge on any atom is -0.497 e. The number of benzene rings is 3. The van der Waals surface area contributed by atoms with Crippen LogP contribution in [-0.4, -0.2) is 37.2 Å². The molecule has 39 heavy (non-hydrogen) atoms. The Balaban J connectivity index is 1.53. The molecule has 0 aliphatic carbocycles. The monoisotopic (exact) mass is 522 g/mol. The number of fused-ring (bicyclic) bond motifs is 1. The topological polar surface area (TPSA) is 88.9 Å². The Hall–Kier alpha value is -4.30. The Morgan fingerprint density at radius 3 is 2.46 bits per heavy atom. The number of ether oxygens (including phenoxy) is 1. The van der Waals surface area contributed by atoms with Gasteiger partial charge in [-0.15, -0.1) is 5.10 Å². The largest absolute Gasteiger partial charge is 0.497 e. The lowest BCUT2D eigenvalue weighted by molar-refractivity contribution is 0.161. The summed E-state index contributed by atoms with van der Waals surface area (Å²) in [6, 6.07) is 24.3. The molecule has 0 saturated heterocycles. The predicted octanol–water partition coefficient (Wildman–Crippen LogP) is 5.34. The van der Waals surface area contributed by atoms with Crippen molar-refractivity contribution in [3.63, 3.8) is 0 Å². The van der Waals surface area contributed by atoms with Crippen LogP contribution in [0.4, 0.5) is 0 Å². The second-order valence-electron chi connectivity index (χ2n) is 10.0. The lowest BCUT2D eigenvalue weighted by atomic mass is 10.0. The number of H-pyrrole nitrogens is 1. The van der Waals surface area contributed by atoms with E-state index in [0.717, 1.165) is 45.6 Å². The maximum atomic E-state index is 13.3. The zero-order valence-corrected chi connectivity index (χ0v) is 22.9. The van der Waals surface area contributed by atoms with Gasteiger partial charge in [0.25, 0.3) is 5.56 Å². The van der Waals surface area contributed by atoms with Crippen LogP contribution in [0.25, 0.3) is 10.9 Å². The number of hydrogen-bond acceptors (Lipinski definition) is 6. The summed E-state index contributed by atoms with van der Waals surface area (Å²) in [7, 11) is 1.66. The number of methoxy groups -OCH3 is 1. The third-order valence-electron chi connectivity index (χ3n) is 7.15. The Bertz CT molecular complexity index is 1610. The van der Waals surface area contributed by atoms with Crippen LogP contribution in [0.5, 0.6) is 5.75 Å². The highest BCUT2D eigenvalue weighted by atomic mass is 16.5. The fourth-order valence-corrected chi connectivity index (χ4v) is 5.23. The number of nitrogens with zero attached hydrogens (tertiary/aromatic N) is 5. The van der Waals surface area contributed by atoms with E-state index in [-0.39, 0.29) is 11.6 Å². The summed E-state index contributed by atoms with van der Waals surface area (Å²) in [6.07, 6.45) is 0.773. The van der Waals surface area contributed by atoms with E-state index in [4.69, 9.17) is 4.74 Å². The highest BCUT2D eigenvalue weighted by molar-refractivity contribution is 5.82. The molecule has 5 rings (SSSR count). The number of aromatic amines is 1. The Morgan fingerprint density at radius 2 is 1.74 bits per heavy atom. The van der Waals surface area contributed by atoms with E-state index in [1.807, 2.05) is 48.0 Å². The van der Waals surface area contributed by atoms with Crippen LogP contribution in [-0.2, 0) is 19.6 Å². The van der Waals surface area contributed by atoms with E-state index in [2.05, 4.69) is 75.7 Å². The van der Waals surface area contributed by atoms with Crippen molar-refractivity contribution in [3.8, 4) is 5.75 Å². The van der Waals surface area contributed by atoms with E-state index in [1.165, 1.54) is 5.56 Å². The third-order valence-corrected chi connectivity index (χ3v) is 7.15. The minimum atomic E-state index is -0.111. The lowest BCUT2D eigenvalue weighted by Crippen LogP contribution is -2.32. The van der Waals surface area contributed by atoms with E-state index in [0.29, 0.717) is 25.2 Å². The molecule has 8 nitrogen and oxygen atoms in total. The summed E-state index contributed by atoms with van der Waals surface area (Å²) < 4.78 is 7.22. The molecule has 0 aliphatic rings. The summed E-state index contributed by atoms with van der Waals surface area (Å²) in [4.78, 5) is 18.7. The van der Waals surface area contributed by atoms with Crippen LogP contribution in [0.2, 0.25) is 0 Å². The highest BCUT2D eigenvalue weighted by Gasteiger charge is 2.26. The van der Waals surface area contributed by atoms with Crippen LogP contribution in [0.3, 0.4) is 0 Å². The van der Waals surface area contributed by atoms with Gasteiger partial charge in [-0.3, -0.25) is 9.69 Å². The maximum absolute atomic E-state index is 13.3. The van der Waals surface area contributed by atoms with Crippen molar-refractivity contribution in [1.82, 2.24) is 30.1 Å². The zero-order chi connectivity index (χ0) is 27.4. The van der Waals surface area contributed by atoms with Gasteiger partial charge in [0.2, 0.25) is 0 Å². The molecule has 0 aliphatic heterocycles. The normalized spacial score (nSPS) is 12.2. The second kappa shape index (κ2) is 11.6. The fourth-order valence-electron chi connectivity index (χ4n) is 5.23. The molecular weight excluding hydrogens is 488 g/mol. The van der Waals surface area contributed by atoms with Gasteiger partial charge in [0.05, 0.1) is 25.2 Å². The molecule has 1 N–H and O–H groups in total. The van der Waals surface area contributed by atoms with Crippen LogP contribution in [0, 0.1) is 13.8 Å². The molecular formula is C31H34N6O2. The molecule has 5 aromatic rings. The first-order valence-electron chi connectivity index (χ1n) is 13.2. The molecule has 1 unspecified atom stereocenters. The molecule has 0 bridgehead atoms. The van der Waals surface area contributed by atoms with Crippen LogP contribution in [0.1, 0.15) is 53.0 Å². The van der Waals surface area contributed by atoms with Gasteiger partial charge in [0.15, 0.2) is 5.82 Å². The lowest BCUT2D eigenvalue weighted by Gasteiger charge is -2.30. The number of aryl methyl sites for hydroxylation is 2. The first-order valence-corrected chi connectivity index (χ1v) is 13.2. The number of aromatic nitrogens is 5. The van der Waals surface area contributed by atoms with Gasteiger partial charge < -0.3 is 9.72 Å². The predicted molar refractivity (Wildman–Crippen MR) is 153 cm³/mol. The summed E-state index contributed by atoms with van der Waals surface area (Å²) in [5, 5.41) is 13.9. The highest BCUT2D eigenvalue weighted by Crippen LogP contribution is 2.28. The number of pyridine rings is 1. The number of tetrazole rings is 1. The van der Waals surface area contributed by atoms with Crippen LogP contribution < -0.4 is 10.3 Å². The summed E-state index contributed by atoms with van der Waals surface area (Å²) in [6.45, 7) is 7.87. The molecule has 0 radical (unpaired) electrons. The average molecular weight is 523 g/mol. The smallest absolute Gasteiger partial charge is 0.252 e. The Kier molecular flexibility index (Phi) is 7.84. The summed E-state index contributed by atoms with van der Waals surface area (Å²) >= 11 is 0. The van der Waals surface area contributed by atoms with Crippen molar-refractivity contribution < 1.29 is 4.74 Å². The fraction of sp³-hybridized carbons (Fsp3) is 0.290. The minimum absolute atomic E-state index is 0.0760.